The van der Waals surface area contributed by atoms with Crippen LogP contribution in [0.1, 0.15) is 32.6 Å². The van der Waals surface area contributed by atoms with Crippen molar-refractivity contribution in [3.05, 3.63) is 48.7 Å². The summed E-state index contributed by atoms with van der Waals surface area (Å²) in [7, 11) is -3.61. The van der Waals surface area contributed by atoms with E-state index in [2.05, 4.69) is 9.88 Å². The second-order valence-corrected chi connectivity index (χ2v) is 9.24. The van der Waals surface area contributed by atoms with E-state index in [0.29, 0.717) is 17.6 Å². The van der Waals surface area contributed by atoms with Crippen molar-refractivity contribution in [3.63, 3.8) is 0 Å². The average molecular weight is 372 g/mol. The molecule has 138 valence electrons. The summed E-state index contributed by atoms with van der Waals surface area (Å²) in [5.74, 6) is 0.887. The molecule has 1 saturated heterocycles. The number of sulfonamides is 1. The van der Waals surface area contributed by atoms with E-state index >= 15 is 0 Å². The fourth-order valence-electron chi connectivity index (χ4n) is 3.91. The fourth-order valence-corrected chi connectivity index (χ4v) is 5.33. The maximum Gasteiger partial charge on any atom is 0.265 e. The Morgan fingerprint density at radius 1 is 1.12 bits per heavy atom. The van der Waals surface area contributed by atoms with Gasteiger partial charge in [-0.15, -0.1) is 0 Å². The molecule has 6 heteroatoms. The van der Waals surface area contributed by atoms with Gasteiger partial charge in [0.1, 0.15) is 10.7 Å². The predicted molar refractivity (Wildman–Crippen MR) is 104 cm³/mol. The molecule has 0 radical (unpaired) electrons. The van der Waals surface area contributed by atoms with Crippen LogP contribution in [0.2, 0.25) is 0 Å². The van der Waals surface area contributed by atoms with E-state index in [1.165, 1.54) is 36.2 Å². The normalized spacial score (nSPS) is 18.7. The number of rotatable bonds is 5. The Morgan fingerprint density at radius 3 is 2.50 bits per heavy atom. The van der Waals surface area contributed by atoms with Crippen molar-refractivity contribution in [2.75, 3.05) is 28.8 Å². The van der Waals surface area contributed by atoms with Crippen LogP contribution in [0.25, 0.3) is 0 Å². The summed E-state index contributed by atoms with van der Waals surface area (Å²) < 4.78 is 27.5. The SMILES string of the molecule is CCN(c1ccccc1)S(=O)(=O)c1ccc(N2CCCC3(CC3)C2)nc1. The molecule has 0 unspecified atom stereocenters. The molecule has 1 aliphatic heterocycles. The molecule has 5 nitrogen and oxygen atoms in total. The van der Waals surface area contributed by atoms with E-state index in [0.717, 1.165) is 18.9 Å². The summed E-state index contributed by atoms with van der Waals surface area (Å²) in [6, 6.07) is 12.7. The quantitative estimate of drug-likeness (QED) is 0.805. The van der Waals surface area contributed by atoms with Gasteiger partial charge in [-0.25, -0.2) is 13.4 Å². The van der Waals surface area contributed by atoms with Crippen LogP contribution in [0, 0.1) is 5.41 Å². The second kappa shape index (κ2) is 6.58. The monoisotopic (exact) mass is 371 g/mol. The molecular formula is C20H25N3O2S. The molecule has 1 aliphatic carbocycles. The number of hydrogen-bond acceptors (Lipinski definition) is 4. The first-order valence-electron chi connectivity index (χ1n) is 9.33. The number of aromatic nitrogens is 1. The number of piperidine rings is 1. The molecule has 1 saturated carbocycles. The van der Waals surface area contributed by atoms with Gasteiger partial charge in [0.05, 0.1) is 5.69 Å². The van der Waals surface area contributed by atoms with E-state index in [1.54, 1.807) is 6.07 Å². The van der Waals surface area contributed by atoms with Gasteiger partial charge in [-0.2, -0.15) is 0 Å². The van der Waals surface area contributed by atoms with Gasteiger partial charge in [-0.05, 0) is 62.3 Å². The molecule has 0 N–H and O–H groups in total. The Labute approximate surface area is 155 Å². The van der Waals surface area contributed by atoms with Gasteiger partial charge in [0.25, 0.3) is 10.0 Å². The Hall–Kier alpha value is -2.08. The molecule has 1 aromatic carbocycles. The summed E-state index contributed by atoms with van der Waals surface area (Å²) in [5.41, 5.74) is 1.18. The third-order valence-electron chi connectivity index (χ3n) is 5.58. The van der Waals surface area contributed by atoms with Crippen LogP contribution in [-0.4, -0.2) is 33.0 Å². The standard InChI is InChI=1S/C20H25N3O2S/c1-2-23(17-7-4-3-5-8-17)26(24,25)18-9-10-19(21-15-18)22-14-6-11-20(16-22)12-13-20/h3-5,7-10,15H,2,6,11-14,16H2,1H3. The summed E-state index contributed by atoms with van der Waals surface area (Å²) in [6.07, 6.45) is 6.65. The van der Waals surface area contributed by atoms with Gasteiger partial charge in [-0.3, -0.25) is 4.31 Å². The Bertz CT molecular complexity index is 862. The fraction of sp³-hybridized carbons (Fsp3) is 0.450. The molecule has 2 heterocycles. The third kappa shape index (κ3) is 3.18. The van der Waals surface area contributed by atoms with Crippen LogP contribution in [0.3, 0.4) is 0 Å². The van der Waals surface area contributed by atoms with Gasteiger partial charge in [0.2, 0.25) is 0 Å². The van der Waals surface area contributed by atoms with Crippen molar-refractivity contribution in [2.24, 2.45) is 5.41 Å². The van der Waals surface area contributed by atoms with Gasteiger partial charge in [-0.1, -0.05) is 18.2 Å². The van der Waals surface area contributed by atoms with Crippen LogP contribution in [-0.2, 0) is 10.0 Å². The van der Waals surface area contributed by atoms with E-state index in [-0.39, 0.29) is 4.90 Å². The van der Waals surface area contributed by atoms with Gasteiger partial charge < -0.3 is 4.90 Å². The largest absolute Gasteiger partial charge is 0.356 e. The Balaban J connectivity index is 1.57. The van der Waals surface area contributed by atoms with E-state index in [9.17, 15) is 8.42 Å². The molecule has 0 bridgehead atoms. The molecule has 2 aromatic rings. The van der Waals surface area contributed by atoms with Gasteiger partial charge in [0, 0.05) is 25.8 Å². The van der Waals surface area contributed by atoms with E-state index in [1.807, 2.05) is 43.3 Å². The smallest absolute Gasteiger partial charge is 0.265 e. The highest BCUT2D eigenvalue weighted by Crippen LogP contribution is 2.52. The van der Waals surface area contributed by atoms with Crippen molar-refractivity contribution in [1.82, 2.24) is 4.98 Å². The number of nitrogens with zero attached hydrogens (tertiary/aromatic N) is 3. The minimum atomic E-state index is -3.61. The second-order valence-electron chi connectivity index (χ2n) is 7.38. The molecule has 2 fully saturated rings. The zero-order valence-corrected chi connectivity index (χ0v) is 16.0. The summed E-state index contributed by atoms with van der Waals surface area (Å²) in [4.78, 5) is 7.04. The lowest BCUT2D eigenvalue weighted by atomic mass is 9.95. The minimum Gasteiger partial charge on any atom is -0.356 e. The maximum absolute atomic E-state index is 13.0. The van der Waals surface area contributed by atoms with Crippen molar-refractivity contribution < 1.29 is 8.42 Å². The lowest BCUT2D eigenvalue weighted by Crippen LogP contribution is -2.37. The molecule has 0 amide bonds. The average Bonchev–Trinajstić information content (AvgIpc) is 3.41. The van der Waals surface area contributed by atoms with Crippen molar-refractivity contribution in [2.45, 2.75) is 37.5 Å². The predicted octanol–water partition coefficient (Wildman–Crippen LogP) is 3.68. The first-order chi connectivity index (χ1) is 12.5. The number of pyridine rings is 1. The number of anilines is 2. The molecular weight excluding hydrogens is 346 g/mol. The van der Waals surface area contributed by atoms with Crippen LogP contribution in [0.15, 0.2) is 53.6 Å². The highest BCUT2D eigenvalue weighted by molar-refractivity contribution is 7.92. The molecule has 1 spiro atoms. The lowest BCUT2D eigenvalue weighted by molar-refractivity contribution is 0.393. The highest BCUT2D eigenvalue weighted by atomic mass is 32.2. The van der Waals surface area contributed by atoms with Crippen molar-refractivity contribution in [3.8, 4) is 0 Å². The van der Waals surface area contributed by atoms with Gasteiger partial charge >= 0.3 is 0 Å². The maximum atomic E-state index is 13.0. The molecule has 0 atom stereocenters. The molecule has 1 aromatic heterocycles. The van der Waals surface area contributed by atoms with Crippen LogP contribution in [0.5, 0.6) is 0 Å². The lowest BCUT2D eigenvalue weighted by Gasteiger charge is -2.34. The minimum absolute atomic E-state index is 0.241. The topological polar surface area (TPSA) is 53.5 Å². The Kier molecular flexibility index (Phi) is 4.39. The first kappa shape index (κ1) is 17.3. The Morgan fingerprint density at radius 2 is 1.88 bits per heavy atom. The first-order valence-corrected chi connectivity index (χ1v) is 10.8. The molecule has 4 rings (SSSR count). The van der Waals surface area contributed by atoms with Crippen LogP contribution < -0.4 is 9.21 Å². The van der Waals surface area contributed by atoms with Crippen molar-refractivity contribution >= 4 is 21.5 Å². The van der Waals surface area contributed by atoms with E-state index < -0.39 is 10.0 Å². The summed E-state index contributed by atoms with van der Waals surface area (Å²) in [6.45, 7) is 4.28. The third-order valence-corrected chi connectivity index (χ3v) is 7.47. The van der Waals surface area contributed by atoms with E-state index in [4.69, 9.17) is 0 Å². The number of hydrogen-bond donors (Lipinski definition) is 0. The molecule has 26 heavy (non-hydrogen) atoms. The van der Waals surface area contributed by atoms with Crippen molar-refractivity contribution in [1.29, 1.82) is 0 Å². The summed E-state index contributed by atoms with van der Waals surface area (Å²) in [5, 5.41) is 0. The number of benzene rings is 1. The highest BCUT2D eigenvalue weighted by Gasteiger charge is 2.45. The zero-order valence-electron chi connectivity index (χ0n) is 15.1. The number of para-hydroxylation sites is 1. The molecule has 2 aliphatic rings. The van der Waals surface area contributed by atoms with Gasteiger partial charge in [0.15, 0.2) is 0 Å². The zero-order chi connectivity index (χ0) is 18.2. The summed E-state index contributed by atoms with van der Waals surface area (Å²) >= 11 is 0. The van der Waals surface area contributed by atoms with Crippen LogP contribution >= 0.6 is 0 Å². The van der Waals surface area contributed by atoms with Crippen LogP contribution in [0.4, 0.5) is 11.5 Å².